The zero-order valence-electron chi connectivity index (χ0n) is 16.3. The van der Waals surface area contributed by atoms with Crippen LogP contribution in [-0.4, -0.2) is 54.8 Å². The number of halogens is 1. The number of hydrogen-bond acceptors (Lipinski definition) is 3. The van der Waals surface area contributed by atoms with Crippen LogP contribution in [0.15, 0.2) is 24.3 Å². The van der Waals surface area contributed by atoms with Crippen molar-refractivity contribution in [3.63, 3.8) is 0 Å². The van der Waals surface area contributed by atoms with E-state index in [0.717, 1.165) is 18.4 Å². The number of likely N-dealkylation sites (N-methyl/N-ethyl adjacent to an activating group) is 1. The van der Waals surface area contributed by atoms with E-state index in [1.165, 1.54) is 19.3 Å². The summed E-state index contributed by atoms with van der Waals surface area (Å²) in [6.45, 7) is 1.07. The van der Waals surface area contributed by atoms with Crippen molar-refractivity contribution in [2.45, 2.75) is 50.6 Å². The Morgan fingerprint density at radius 2 is 2.04 bits per heavy atom. The molecule has 27 heavy (non-hydrogen) atoms. The standard InChI is InChI=1S/C21H30ClN3O2/c1-24(2)19(15-7-6-8-17(22)11-15)13-23-21(27)16-12-20(26)25(14-16)18-9-4-3-5-10-18/h6-8,11,16,18-19H,3-5,9-10,12-14H2,1-2H3,(H,23,27). The Labute approximate surface area is 167 Å². The number of amides is 2. The van der Waals surface area contributed by atoms with Crippen molar-refractivity contribution in [1.82, 2.24) is 15.1 Å². The van der Waals surface area contributed by atoms with Gasteiger partial charge in [-0.1, -0.05) is 43.0 Å². The van der Waals surface area contributed by atoms with E-state index in [9.17, 15) is 9.59 Å². The van der Waals surface area contributed by atoms with Crippen LogP contribution in [-0.2, 0) is 9.59 Å². The molecule has 1 heterocycles. The average Bonchev–Trinajstić information content (AvgIpc) is 3.04. The predicted octanol–water partition coefficient (Wildman–Crippen LogP) is 3.24. The summed E-state index contributed by atoms with van der Waals surface area (Å²) in [5, 5.41) is 3.76. The SMILES string of the molecule is CN(C)C(CNC(=O)C1CC(=O)N(C2CCCCC2)C1)c1cccc(Cl)c1. The molecule has 1 N–H and O–H groups in total. The van der Waals surface area contributed by atoms with Gasteiger partial charge < -0.3 is 15.1 Å². The molecule has 1 saturated heterocycles. The van der Waals surface area contributed by atoms with Crippen molar-refractivity contribution in [2.24, 2.45) is 5.92 Å². The molecule has 0 aromatic heterocycles. The molecule has 0 radical (unpaired) electrons. The Morgan fingerprint density at radius 3 is 2.70 bits per heavy atom. The summed E-state index contributed by atoms with van der Waals surface area (Å²) in [5.74, 6) is -0.113. The van der Waals surface area contributed by atoms with Gasteiger partial charge in [0.05, 0.1) is 12.0 Å². The highest BCUT2D eigenvalue weighted by molar-refractivity contribution is 6.30. The van der Waals surface area contributed by atoms with Crippen molar-refractivity contribution in [3.8, 4) is 0 Å². The molecule has 3 rings (SSSR count). The van der Waals surface area contributed by atoms with Gasteiger partial charge in [-0.3, -0.25) is 9.59 Å². The van der Waals surface area contributed by atoms with Crippen LogP contribution in [0.5, 0.6) is 0 Å². The third-order valence-electron chi connectivity index (χ3n) is 5.87. The van der Waals surface area contributed by atoms with E-state index in [0.29, 0.717) is 30.6 Å². The Bertz CT molecular complexity index is 673. The van der Waals surface area contributed by atoms with Crippen LogP contribution >= 0.6 is 11.6 Å². The van der Waals surface area contributed by atoms with Crippen molar-refractivity contribution >= 4 is 23.4 Å². The third kappa shape index (κ3) is 5.02. The lowest BCUT2D eigenvalue weighted by Gasteiger charge is -2.31. The number of benzene rings is 1. The summed E-state index contributed by atoms with van der Waals surface area (Å²) < 4.78 is 0. The smallest absolute Gasteiger partial charge is 0.225 e. The molecule has 1 aliphatic carbocycles. The minimum Gasteiger partial charge on any atom is -0.354 e. The minimum atomic E-state index is -0.235. The first kappa shape index (κ1) is 20.2. The molecule has 0 spiro atoms. The molecule has 2 aliphatic rings. The molecule has 148 valence electrons. The second-order valence-corrected chi connectivity index (χ2v) is 8.45. The van der Waals surface area contributed by atoms with Crippen molar-refractivity contribution < 1.29 is 9.59 Å². The molecule has 6 heteroatoms. The quantitative estimate of drug-likeness (QED) is 0.809. The maximum atomic E-state index is 12.7. The first-order valence-electron chi connectivity index (χ1n) is 9.94. The van der Waals surface area contributed by atoms with Gasteiger partial charge in [0.2, 0.25) is 11.8 Å². The minimum absolute atomic E-state index is 0.0180. The van der Waals surface area contributed by atoms with E-state index in [-0.39, 0.29) is 23.8 Å². The molecule has 0 bridgehead atoms. The van der Waals surface area contributed by atoms with E-state index >= 15 is 0 Å². The Hall–Kier alpha value is -1.59. The van der Waals surface area contributed by atoms with Gasteiger partial charge in [-0.2, -0.15) is 0 Å². The van der Waals surface area contributed by atoms with Crippen LogP contribution in [0.2, 0.25) is 5.02 Å². The van der Waals surface area contributed by atoms with Crippen LogP contribution in [0.3, 0.4) is 0 Å². The molecule has 2 atom stereocenters. The third-order valence-corrected chi connectivity index (χ3v) is 6.11. The van der Waals surface area contributed by atoms with Crippen molar-refractivity contribution in [3.05, 3.63) is 34.9 Å². The Balaban J connectivity index is 1.57. The van der Waals surface area contributed by atoms with Gasteiger partial charge in [-0.05, 0) is 44.6 Å². The fraction of sp³-hybridized carbons (Fsp3) is 0.619. The van der Waals surface area contributed by atoms with Crippen LogP contribution in [0.4, 0.5) is 0 Å². The van der Waals surface area contributed by atoms with E-state index in [1.807, 2.05) is 43.3 Å². The molecule has 2 unspecified atom stereocenters. The topological polar surface area (TPSA) is 52.7 Å². The van der Waals surface area contributed by atoms with E-state index in [2.05, 4.69) is 10.2 Å². The van der Waals surface area contributed by atoms with Crippen LogP contribution in [0.1, 0.15) is 50.1 Å². The number of hydrogen-bond donors (Lipinski definition) is 1. The maximum absolute atomic E-state index is 12.7. The van der Waals surface area contributed by atoms with Crippen LogP contribution < -0.4 is 5.32 Å². The zero-order chi connectivity index (χ0) is 19.4. The second-order valence-electron chi connectivity index (χ2n) is 8.02. The van der Waals surface area contributed by atoms with Gasteiger partial charge >= 0.3 is 0 Å². The lowest BCUT2D eigenvalue weighted by atomic mass is 9.94. The highest BCUT2D eigenvalue weighted by atomic mass is 35.5. The molecule has 2 amide bonds. The summed E-state index contributed by atoms with van der Waals surface area (Å²) in [6.07, 6.45) is 6.14. The monoisotopic (exact) mass is 391 g/mol. The summed E-state index contributed by atoms with van der Waals surface area (Å²) >= 11 is 6.12. The van der Waals surface area contributed by atoms with Crippen molar-refractivity contribution in [1.29, 1.82) is 0 Å². The fourth-order valence-corrected chi connectivity index (χ4v) is 4.51. The van der Waals surface area contributed by atoms with Crippen LogP contribution in [0, 0.1) is 5.92 Å². The van der Waals surface area contributed by atoms with Crippen LogP contribution in [0.25, 0.3) is 0 Å². The summed E-state index contributed by atoms with van der Waals surface area (Å²) in [5.41, 5.74) is 1.07. The molecule has 1 aromatic rings. The lowest BCUT2D eigenvalue weighted by Crippen LogP contribution is -2.40. The van der Waals surface area contributed by atoms with Gasteiger partial charge in [-0.25, -0.2) is 0 Å². The van der Waals surface area contributed by atoms with Gasteiger partial charge in [0.15, 0.2) is 0 Å². The van der Waals surface area contributed by atoms with E-state index in [1.54, 1.807) is 0 Å². The van der Waals surface area contributed by atoms with Crippen molar-refractivity contribution in [2.75, 3.05) is 27.2 Å². The fourth-order valence-electron chi connectivity index (χ4n) is 4.31. The molecule has 1 aliphatic heterocycles. The number of nitrogens with one attached hydrogen (secondary N) is 1. The lowest BCUT2D eigenvalue weighted by molar-refractivity contribution is -0.130. The highest BCUT2D eigenvalue weighted by Crippen LogP contribution is 2.29. The number of carbonyl (C=O) groups is 2. The van der Waals surface area contributed by atoms with Gasteiger partial charge in [0.1, 0.15) is 0 Å². The summed E-state index contributed by atoms with van der Waals surface area (Å²) in [4.78, 5) is 29.2. The molecule has 5 nitrogen and oxygen atoms in total. The maximum Gasteiger partial charge on any atom is 0.225 e. The normalized spacial score (nSPS) is 22.3. The first-order valence-corrected chi connectivity index (χ1v) is 10.3. The molecular formula is C21H30ClN3O2. The summed E-state index contributed by atoms with van der Waals surface area (Å²) in [7, 11) is 3.98. The Kier molecular flexibility index (Phi) is 6.77. The highest BCUT2D eigenvalue weighted by Gasteiger charge is 2.38. The van der Waals surface area contributed by atoms with Gasteiger partial charge in [-0.15, -0.1) is 0 Å². The molecule has 2 fully saturated rings. The van der Waals surface area contributed by atoms with E-state index < -0.39 is 0 Å². The van der Waals surface area contributed by atoms with Gasteiger partial charge in [0, 0.05) is 30.6 Å². The predicted molar refractivity (Wildman–Crippen MR) is 108 cm³/mol. The van der Waals surface area contributed by atoms with E-state index in [4.69, 9.17) is 11.6 Å². The first-order chi connectivity index (χ1) is 13.0. The Morgan fingerprint density at radius 1 is 1.30 bits per heavy atom. The number of likely N-dealkylation sites (tertiary alicyclic amines) is 1. The number of rotatable bonds is 6. The number of nitrogens with zero attached hydrogens (tertiary/aromatic N) is 2. The average molecular weight is 392 g/mol. The molecule has 1 saturated carbocycles. The second kappa shape index (κ2) is 9.07. The molecular weight excluding hydrogens is 362 g/mol. The summed E-state index contributed by atoms with van der Waals surface area (Å²) in [6, 6.07) is 8.10. The largest absolute Gasteiger partial charge is 0.354 e. The molecule has 1 aromatic carbocycles. The van der Waals surface area contributed by atoms with Gasteiger partial charge in [0.25, 0.3) is 0 Å². The zero-order valence-corrected chi connectivity index (χ0v) is 17.0. The number of carbonyl (C=O) groups excluding carboxylic acids is 2.